The molecule has 1 aromatic carbocycles. The molecule has 1 fully saturated rings. The number of carbonyl (C=O) groups excluding carboxylic acids is 1. The van der Waals surface area contributed by atoms with E-state index >= 15 is 0 Å². The van der Waals surface area contributed by atoms with Crippen molar-refractivity contribution in [3.8, 4) is 11.5 Å². The molecule has 0 unspecified atom stereocenters. The number of oxazole rings is 1. The lowest BCUT2D eigenvalue weighted by atomic mass is 9.78. The van der Waals surface area contributed by atoms with Gasteiger partial charge in [0.25, 0.3) is 0 Å². The van der Waals surface area contributed by atoms with E-state index in [0.29, 0.717) is 29.2 Å². The minimum atomic E-state index is -1.32. The van der Waals surface area contributed by atoms with E-state index in [9.17, 15) is 9.00 Å². The summed E-state index contributed by atoms with van der Waals surface area (Å²) in [6, 6.07) is 8.12. The summed E-state index contributed by atoms with van der Waals surface area (Å²) in [5.41, 5.74) is 2.71. The zero-order valence-corrected chi connectivity index (χ0v) is 18.0. The Morgan fingerprint density at radius 1 is 1.21 bits per heavy atom. The van der Waals surface area contributed by atoms with Crippen molar-refractivity contribution < 1.29 is 13.4 Å². The molecule has 1 aliphatic rings. The third-order valence-electron chi connectivity index (χ3n) is 5.83. The molecule has 1 heterocycles. The fourth-order valence-corrected chi connectivity index (χ4v) is 4.82. The lowest BCUT2D eigenvalue weighted by molar-refractivity contribution is -0.120. The Kier molecular flexibility index (Phi) is 6.70. The van der Waals surface area contributed by atoms with Crippen LogP contribution in [0.3, 0.4) is 0 Å². The van der Waals surface area contributed by atoms with Crippen molar-refractivity contribution in [2.45, 2.75) is 58.8 Å². The van der Waals surface area contributed by atoms with Crippen molar-refractivity contribution in [2.75, 3.05) is 5.75 Å². The second kappa shape index (κ2) is 9.03. The summed E-state index contributed by atoms with van der Waals surface area (Å²) >= 11 is 0. The smallest absolute Gasteiger partial charge is 0.232 e. The van der Waals surface area contributed by atoms with Crippen LogP contribution in [0.2, 0.25) is 0 Å². The Morgan fingerprint density at radius 2 is 1.93 bits per heavy atom. The first-order chi connectivity index (χ1) is 13.3. The third kappa shape index (κ3) is 5.10. The van der Waals surface area contributed by atoms with Crippen LogP contribution in [0.4, 0.5) is 0 Å². The van der Waals surface area contributed by atoms with Crippen molar-refractivity contribution >= 4 is 16.7 Å². The first-order valence-corrected chi connectivity index (χ1v) is 11.5. The molecule has 0 radical (unpaired) electrons. The molecule has 4 atom stereocenters. The van der Waals surface area contributed by atoms with E-state index in [0.717, 1.165) is 18.4 Å². The molecule has 1 amide bonds. The van der Waals surface area contributed by atoms with Crippen LogP contribution in [0.25, 0.3) is 11.5 Å². The summed E-state index contributed by atoms with van der Waals surface area (Å²) in [5, 5.41) is 3.09. The topological polar surface area (TPSA) is 72.2 Å². The number of aromatic nitrogens is 1. The molecule has 0 bridgehead atoms. The van der Waals surface area contributed by atoms with Crippen LogP contribution in [0.1, 0.15) is 50.1 Å². The van der Waals surface area contributed by atoms with E-state index in [1.807, 2.05) is 38.1 Å². The maximum Gasteiger partial charge on any atom is 0.232 e. The molecule has 0 saturated heterocycles. The molecule has 152 valence electrons. The van der Waals surface area contributed by atoms with Crippen LogP contribution in [0, 0.1) is 25.7 Å². The zero-order chi connectivity index (χ0) is 20.3. The van der Waals surface area contributed by atoms with E-state index in [-0.39, 0.29) is 23.5 Å². The van der Waals surface area contributed by atoms with Gasteiger partial charge < -0.3 is 9.73 Å². The van der Waals surface area contributed by atoms with Gasteiger partial charge in [-0.15, -0.1) is 0 Å². The van der Waals surface area contributed by atoms with Gasteiger partial charge in [0.05, 0.1) is 11.4 Å². The number of amides is 1. The first-order valence-electron chi connectivity index (χ1n) is 10.0. The second-order valence-electron chi connectivity index (χ2n) is 8.06. The van der Waals surface area contributed by atoms with Crippen molar-refractivity contribution in [3.05, 3.63) is 41.3 Å². The lowest BCUT2D eigenvalue weighted by Gasteiger charge is -2.34. The molecule has 2 aromatic rings. The van der Waals surface area contributed by atoms with E-state index in [1.54, 1.807) is 0 Å². The Labute approximate surface area is 169 Å². The standard InChI is InChI=1S/C22H30N2O3S/c1-14-8-10-18(11-9-14)22-24-20(17(4)27-22)12-28(26)13-21(25)23-19-7-5-6-15(2)16(19)3/h8-11,15-16,19H,5-7,12-13H2,1-4H3,(H,23,25)/t15-,16-,19+,28+/m0/s1. The zero-order valence-electron chi connectivity index (χ0n) is 17.2. The number of hydrogen-bond donors (Lipinski definition) is 1. The van der Waals surface area contributed by atoms with Gasteiger partial charge in [-0.25, -0.2) is 4.98 Å². The van der Waals surface area contributed by atoms with Crippen molar-refractivity contribution in [1.82, 2.24) is 10.3 Å². The number of nitrogens with zero attached hydrogens (tertiary/aromatic N) is 1. The maximum absolute atomic E-state index is 12.5. The average Bonchev–Trinajstić information content (AvgIpc) is 3.00. The first kappa shape index (κ1) is 20.8. The molecule has 1 saturated carbocycles. The average molecular weight is 403 g/mol. The minimum Gasteiger partial charge on any atom is -0.441 e. The number of rotatable bonds is 6. The summed E-state index contributed by atoms with van der Waals surface area (Å²) < 4.78 is 18.3. The summed E-state index contributed by atoms with van der Waals surface area (Å²) in [5.74, 6) is 2.35. The van der Waals surface area contributed by atoms with Gasteiger partial charge in [-0.1, -0.05) is 44.4 Å². The van der Waals surface area contributed by atoms with Gasteiger partial charge in [0.2, 0.25) is 11.8 Å². The third-order valence-corrected chi connectivity index (χ3v) is 7.01. The maximum atomic E-state index is 12.5. The highest BCUT2D eigenvalue weighted by Gasteiger charge is 2.28. The number of benzene rings is 1. The molecule has 3 rings (SSSR count). The van der Waals surface area contributed by atoms with E-state index in [4.69, 9.17) is 4.42 Å². The molecule has 0 aliphatic heterocycles. The summed E-state index contributed by atoms with van der Waals surface area (Å²) in [6.07, 6.45) is 3.36. The van der Waals surface area contributed by atoms with Crippen LogP contribution < -0.4 is 5.32 Å². The van der Waals surface area contributed by atoms with Crippen LogP contribution >= 0.6 is 0 Å². The quantitative estimate of drug-likeness (QED) is 0.788. The molecular weight excluding hydrogens is 372 g/mol. The Bertz CT molecular complexity index is 844. The highest BCUT2D eigenvalue weighted by molar-refractivity contribution is 7.84. The second-order valence-corrected chi connectivity index (χ2v) is 9.51. The SMILES string of the molecule is Cc1ccc(-c2nc(C[S@@](=O)CC(=O)N[C@@H]3CCC[C@H](C)[C@@H]3C)c(C)o2)cc1. The van der Waals surface area contributed by atoms with E-state index < -0.39 is 10.8 Å². The van der Waals surface area contributed by atoms with Crippen LogP contribution in [0.5, 0.6) is 0 Å². The number of carbonyl (C=O) groups is 1. The van der Waals surface area contributed by atoms with Crippen molar-refractivity contribution in [3.63, 3.8) is 0 Å². The highest BCUT2D eigenvalue weighted by Crippen LogP contribution is 2.29. The minimum absolute atomic E-state index is 0.00374. The largest absolute Gasteiger partial charge is 0.441 e. The van der Waals surface area contributed by atoms with Crippen LogP contribution in [-0.2, 0) is 21.3 Å². The van der Waals surface area contributed by atoms with Gasteiger partial charge in [0.1, 0.15) is 11.5 Å². The van der Waals surface area contributed by atoms with Crippen molar-refractivity contribution in [1.29, 1.82) is 0 Å². The van der Waals surface area contributed by atoms with Gasteiger partial charge in [-0.05, 0) is 44.2 Å². The number of nitrogens with one attached hydrogen (secondary N) is 1. The molecule has 28 heavy (non-hydrogen) atoms. The Balaban J connectivity index is 1.57. The lowest BCUT2D eigenvalue weighted by Crippen LogP contribution is -2.45. The number of hydrogen-bond acceptors (Lipinski definition) is 4. The Hall–Kier alpha value is -1.95. The van der Waals surface area contributed by atoms with Crippen LogP contribution in [-0.4, -0.2) is 26.9 Å². The van der Waals surface area contributed by atoms with Gasteiger partial charge in [0, 0.05) is 22.4 Å². The molecular formula is C22H30N2O3S. The normalized spacial score (nSPS) is 23.4. The van der Waals surface area contributed by atoms with Crippen molar-refractivity contribution in [2.24, 2.45) is 11.8 Å². The molecule has 1 aliphatic carbocycles. The van der Waals surface area contributed by atoms with E-state index in [2.05, 4.69) is 24.1 Å². The molecule has 5 nitrogen and oxygen atoms in total. The van der Waals surface area contributed by atoms with Gasteiger partial charge in [-0.2, -0.15) is 0 Å². The predicted octanol–water partition coefficient (Wildman–Crippen LogP) is 4.15. The summed E-state index contributed by atoms with van der Waals surface area (Å²) in [7, 11) is -1.32. The number of aryl methyl sites for hydroxylation is 2. The fraction of sp³-hybridized carbons (Fsp3) is 0.545. The molecule has 1 aromatic heterocycles. The predicted molar refractivity (Wildman–Crippen MR) is 112 cm³/mol. The van der Waals surface area contributed by atoms with Gasteiger partial charge in [-0.3, -0.25) is 9.00 Å². The molecule has 6 heteroatoms. The van der Waals surface area contributed by atoms with Gasteiger partial charge >= 0.3 is 0 Å². The van der Waals surface area contributed by atoms with Gasteiger partial charge in [0.15, 0.2) is 0 Å². The summed E-state index contributed by atoms with van der Waals surface area (Å²) in [6.45, 7) is 8.28. The monoisotopic (exact) mass is 402 g/mol. The highest BCUT2D eigenvalue weighted by atomic mass is 32.2. The van der Waals surface area contributed by atoms with E-state index in [1.165, 1.54) is 12.0 Å². The van der Waals surface area contributed by atoms with Crippen LogP contribution in [0.15, 0.2) is 28.7 Å². The Morgan fingerprint density at radius 3 is 2.64 bits per heavy atom. The summed E-state index contributed by atoms with van der Waals surface area (Å²) in [4.78, 5) is 16.9. The fourth-order valence-electron chi connectivity index (χ4n) is 3.77. The molecule has 1 N–H and O–H groups in total. The molecule has 0 spiro atoms.